The van der Waals surface area contributed by atoms with Crippen molar-refractivity contribution in [1.82, 2.24) is 5.32 Å². The summed E-state index contributed by atoms with van der Waals surface area (Å²) >= 11 is 0. The number of aliphatic hydroxyl groups is 1. The van der Waals surface area contributed by atoms with Crippen molar-refractivity contribution in [1.29, 1.82) is 0 Å². The summed E-state index contributed by atoms with van der Waals surface area (Å²) in [5.41, 5.74) is 1.72. The van der Waals surface area contributed by atoms with Gasteiger partial charge in [-0.1, -0.05) is 0 Å². The number of nitrogens with one attached hydrogen (secondary N) is 1. The van der Waals surface area contributed by atoms with Crippen molar-refractivity contribution in [3.63, 3.8) is 0 Å². The highest BCUT2D eigenvalue weighted by molar-refractivity contribution is 5.94. The molecule has 1 aliphatic heterocycles. The summed E-state index contributed by atoms with van der Waals surface area (Å²) in [5, 5.41) is 12.5. The molecule has 1 aromatic heterocycles. The summed E-state index contributed by atoms with van der Waals surface area (Å²) in [7, 11) is 0. The molecule has 1 atom stereocenters. The second-order valence-corrected chi connectivity index (χ2v) is 6.41. The third kappa shape index (κ3) is 3.79. The highest BCUT2D eigenvalue weighted by Gasteiger charge is 2.18. The van der Waals surface area contributed by atoms with E-state index in [1.807, 2.05) is 50.2 Å². The Morgan fingerprint density at radius 3 is 2.46 bits per heavy atom. The van der Waals surface area contributed by atoms with E-state index >= 15 is 0 Å². The number of anilines is 1. The van der Waals surface area contributed by atoms with Gasteiger partial charge in [0.25, 0.3) is 5.91 Å². The fraction of sp³-hybridized carbons (Fsp3) is 0.421. The Morgan fingerprint density at radius 2 is 1.88 bits per heavy atom. The van der Waals surface area contributed by atoms with Crippen molar-refractivity contribution in [3.8, 4) is 0 Å². The Morgan fingerprint density at radius 1 is 1.21 bits per heavy atom. The molecule has 1 amide bonds. The van der Waals surface area contributed by atoms with E-state index in [0.29, 0.717) is 5.56 Å². The highest BCUT2D eigenvalue weighted by atomic mass is 16.3. The molecule has 0 bridgehead atoms. The number of aliphatic hydroxyl groups excluding tert-OH is 1. The van der Waals surface area contributed by atoms with Gasteiger partial charge in [-0.15, -0.1) is 0 Å². The zero-order valence-corrected chi connectivity index (χ0v) is 14.2. The Bertz CT molecular complexity index is 685. The molecule has 2 aromatic rings. The first-order valence-corrected chi connectivity index (χ1v) is 8.43. The van der Waals surface area contributed by atoms with Crippen molar-refractivity contribution in [3.05, 3.63) is 53.5 Å². The summed E-state index contributed by atoms with van der Waals surface area (Å²) in [6.07, 6.45) is 1.41. The number of benzene rings is 1. The second-order valence-electron chi connectivity index (χ2n) is 6.41. The van der Waals surface area contributed by atoms with Crippen LogP contribution < -0.4 is 10.2 Å². The van der Waals surface area contributed by atoms with E-state index in [0.717, 1.165) is 43.1 Å². The molecule has 1 aliphatic rings. The lowest BCUT2D eigenvalue weighted by molar-refractivity contribution is 0.0935. The number of carbonyl (C=O) groups is 1. The fourth-order valence-corrected chi connectivity index (χ4v) is 2.98. The first-order valence-electron chi connectivity index (χ1n) is 8.43. The molecular weight excluding hydrogens is 304 g/mol. The quantitative estimate of drug-likeness (QED) is 0.905. The van der Waals surface area contributed by atoms with Gasteiger partial charge in [-0.05, 0) is 63.1 Å². The molecule has 24 heavy (non-hydrogen) atoms. The van der Waals surface area contributed by atoms with Crippen molar-refractivity contribution < 1.29 is 14.3 Å². The molecule has 2 N–H and O–H groups in total. The van der Waals surface area contributed by atoms with Crippen LogP contribution in [0, 0.1) is 6.92 Å². The van der Waals surface area contributed by atoms with Gasteiger partial charge in [-0.3, -0.25) is 4.79 Å². The average molecular weight is 328 g/mol. The van der Waals surface area contributed by atoms with E-state index in [-0.39, 0.29) is 18.1 Å². The van der Waals surface area contributed by atoms with Crippen molar-refractivity contribution in [2.75, 3.05) is 18.0 Å². The molecule has 2 heterocycles. The number of carbonyl (C=O) groups excluding carboxylic acids is 1. The van der Waals surface area contributed by atoms with Crippen molar-refractivity contribution in [2.45, 2.75) is 38.8 Å². The van der Waals surface area contributed by atoms with Crippen LogP contribution in [0.3, 0.4) is 0 Å². The minimum absolute atomic E-state index is 0.114. The molecule has 1 aromatic carbocycles. The molecule has 1 fully saturated rings. The molecule has 3 rings (SSSR count). The maximum atomic E-state index is 12.4. The third-order valence-corrected chi connectivity index (χ3v) is 4.49. The number of rotatable bonds is 4. The number of aryl methyl sites for hydroxylation is 1. The van der Waals surface area contributed by atoms with Crippen LogP contribution in [0.25, 0.3) is 0 Å². The van der Waals surface area contributed by atoms with Gasteiger partial charge >= 0.3 is 0 Å². The Balaban J connectivity index is 1.61. The molecular formula is C19H24N2O3. The predicted molar refractivity (Wildman–Crippen MR) is 93.2 cm³/mol. The summed E-state index contributed by atoms with van der Waals surface area (Å²) in [5.74, 6) is 1.48. The standard InChI is InChI=1S/C19H24N2O3/c1-13-3-8-18(24-13)14(2)20-19(23)15-4-6-16(7-5-15)21-11-9-17(22)10-12-21/h3-8,14,17,22H,9-12H2,1-2H3,(H,20,23). The molecule has 0 radical (unpaired) electrons. The van der Waals surface area contributed by atoms with Gasteiger partial charge in [0.05, 0.1) is 12.1 Å². The molecule has 0 spiro atoms. The summed E-state index contributed by atoms with van der Waals surface area (Å²) in [6.45, 7) is 5.49. The first kappa shape index (κ1) is 16.6. The number of hydrogen-bond donors (Lipinski definition) is 2. The van der Waals surface area contributed by atoms with E-state index in [1.54, 1.807) is 0 Å². The highest BCUT2D eigenvalue weighted by Crippen LogP contribution is 2.21. The van der Waals surface area contributed by atoms with E-state index in [9.17, 15) is 9.90 Å². The van der Waals surface area contributed by atoms with Gasteiger partial charge in [0, 0.05) is 24.3 Å². The molecule has 128 valence electrons. The normalized spacial score (nSPS) is 16.9. The summed E-state index contributed by atoms with van der Waals surface area (Å²) < 4.78 is 5.55. The molecule has 1 saturated heterocycles. The SMILES string of the molecule is Cc1ccc(C(C)NC(=O)c2ccc(N3CCC(O)CC3)cc2)o1. The summed E-state index contributed by atoms with van der Waals surface area (Å²) in [6, 6.07) is 11.2. The zero-order chi connectivity index (χ0) is 17.1. The lowest BCUT2D eigenvalue weighted by atomic mass is 10.1. The Kier molecular flexibility index (Phi) is 4.90. The van der Waals surface area contributed by atoms with Crippen molar-refractivity contribution >= 4 is 11.6 Å². The smallest absolute Gasteiger partial charge is 0.251 e. The topological polar surface area (TPSA) is 65.7 Å². The van der Waals surface area contributed by atoms with Crippen molar-refractivity contribution in [2.24, 2.45) is 0 Å². The monoisotopic (exact) mass is 328 g/mol. The predicted octanol–water partition coefficient (Wildman–Crippen LogP) is 3.04. The molecule has 0 saturated carbocycles. The maximum Gasteiger partial charge on any atom is 0.251 e. The lowest BCUT2D eigenvalue weighted by Gasteiger charge is -2.31. The van der Waals surface area contributed by atoms with Crippen LogP contribution in [-0.2, 0) is 0 Å². The van der Waals surface area contributed by atoms with Crippen LogP contribution in [0.2, 0.25) is 0 Å². The van der Waals surface area contributed by atoms with Crippen LogP contribution >= 0.6 is 0 Å². The minimum Gasteiger partial charge on any atom is -0.464 e. The van der Waals surface area contributed by atoms with Gasteiger partial charge in [0.2, 0.25) is 0 Å². The van der Waals surface area contributed by atoms with Gasteiger partial charge in [-0.25, -0.2) is 0 Å². The van der Waals surface area contributed by atoms with Crippen LogP contribution in [0.5, 0.6) is 0 Å². The Labute approximate surface area is 142 Å². The van der Waals surface area contributed by atoms with Gasteiger partial charge < -0.3 is 19.7 Å². The summed E-state index contributed by atoms with van der Waals surface area (Å²) in [4.78, 5) is 14.6. The van der Waals surface area contributed by atoms with Gasteiger partial charge in [0.1, 0.15) is 11.5 Å². The molecule has 5 heteroatoms. The molecule has 0 aliphatic carbocycles. The van der Waals surface area contributed by atoms with E-state index in [2.05, 4.69) is 10.2 Å². The van der Waals surface area contributed by atoms with Gasteiger partial charge in [-0.2, -0.15) is 0 Å². The van der Waals surface area contributed by atoms with E-state index in [4.69, 9.17) is 4.42 Å². The van der Waals surface area contributed by atoms with Crippen LogP contribution in [0.4, 0.5) is 5.69 Å². The Hall–Kier alpha value is -2.27. The van der Waals surface area contributed by atoms with E-state index < -0.39 is 0 Å². The number of amides is 1. The van der Waals surface area contributed by atoms with Crippen LogP contribution in [-0.4, -0.2) is 30.2 Å². The number of nitrogens with zero attached hydrogens (tertiary/aromatic N) is 1. The second kappa shape index (κ2) is 7.09. The number of piperidine rings is 1. The van der Waals surface area contributed by atoms with Crippen LogP contribution in [0.1, 0.15) is 47.7 Å². The van der Waals surface area contributed by atoms with Crippen LogP contribution in [0.15, 0.2) is 40.8 Å². The van der Waals surface area contributed by atoms with E-state index in [1.165, 1.54) is 0 Å². The molecule has 5 nitrogen and oxygen atoms in total. The molecule has 1 unspecified atom stereocenters. The third-order valence-electron chi connectivity index (χ3n) is 4.49. The first-order chi connectivity index (χ1) is 11.5. The fourth-order valence-electron chi connectivity index (χ4n) is 2.98. The number of hydrogen-bond acceptors (Lipinski definition) is 4. The zero-order valence-electron chi connectivity index (χ0n) is 14.2. The number of furan rings is 1. The minimum atomic E-state index is -0.182. The largest absolute Gasteiger partial charge is 0.464 e. The lowest BCUT2D eigenvalue weighted by Crippen LogP contribution is -2.35. The average Bonchev–Trinajstić information content (AvgIpc) is 3.02. The maximum absolute atomic E-state index is 12.4. The van der Waals surface area contributed by atoms with Gasteiger partial charge in [0.15, 0.2) is 0 Å².